The third kappa shape index (κ3) is 3.13. The Hall–Kier alpha value is -2.23. The molecule has 4 nitrogen and oxygen atoms in total. The molecule has 2 aromatic rings. The van der Waals surface area contributed by atoms with Gasteiger partial charge in [0, 0.05) is 24.8 Å². The van der Waals surface area contributed by atoms with E-state index < -0.39 is 0 Å². The van der Waals surface area contributed by atoms with Crippen LogP contribution >= 0.6 is 0 Å². The Bertz CT molecular complexity index is 787. The fraction of sp³-hybridized carbons (Fsp3) is 0.500. The molecule has 0 N–H and O–H groups in total. The zero-order valence-corrected chi connectivity index (χ0v) is 15.9. The van der Waals surface area contributed by atoms with Crippen LogP contribution in [0.15, 0.2) is 41.0 Å². The minimum Gasteiger partial charge on any atom is -0.467 e. The maximum Gasteiger partial charge on any atom is 0.257 e. The van der Waals surface area contributed by atoms with E-state index in [1.54, 1.807) is 6.26 Å². The van der Waals surface area contributed by atoms with Crippen LogP contribution in [-0.2, 0) is 13.0 Å². The molecule has 1 aromatic carbocycles. The second-order valence-corrected chi connectivity index (χ2v) is 8.22. The van der Waals surface area contributed by atoms with Gasteiger partial charge in [0.15, 0.2) is 0 Å². The molecule has 0 bridgehead atoms. The molecule has 0 aliphatic carbocycles. The lowest BCUT2D eigenvalue weighted by Gasteiger charge is -2.35. The Labute approximate surface area is 155 Å². The number of anilines is 1. The number of carbonyl (C=O) groups is 1. The largest absolute Gasteiger partial charge is 0.467 e. The summed E-state index contributed by atoms with van der Waals surface area (Å²) >= 11 is 0. The number of furan rings is 1. The first-order chi connectivity index (χ1) is 12.5. The van der Waals surface area contributed by atoms with Crippen molar-refractivity contribution in [2.45, 2.75) is 46.2 Å². The highest BCUT2D eigenvalue weighted by Gasteiger charge is 2.31. The van der Waals surface area contributed by atoms with Crippen LogP contribution in [0.1, 0.15) is 48.9 Å². The lowest BCUT2D eigenvalue weighted by Crippen LogP contribution is -2.43. The number of amides is 1. The first kappa shape index (κ1) is 17.2. The molecule has 3 unspecified atom stereocenters. The normalized spacial score (nSPS) is 25.4. The molecule has 0 saturated carbocycles. The summed E-state index contributed by atoms with van der Waals surface area (Å²) in [5, 5.41) is 0. The molecule has 1 saturated heterocycles. The van der Waals surface area contributed by atoms with Gasteiger partial charge in [-0.3, -0.25) is 4.79 Å². The minimum atomic E-state index is 0.118. The maximum absolute atomic E-state index is 13.1. The number of carbonyl (C=O) groups excluding carboxylic acids is 1. The Morgan fingerprint density at radius 2 is 1.85 bits per heavy atom. The molecule has 1 aromatic heterocycles. The van der Waals surface area contributed by atoms with Crippen LogP contribution in [0.25, 0.3) is 0 Å². The summed E-state index contributed by atoms with van der Waals surface area (Å²) in [7, 11) is 0. The SMILES string of the molecule is CC1CC(C)CN(C(=O)c2ccoc2CN2c3ccccc3CC2C)C1. The number of hydrogen-bond acceptors (Lipinski definition) is 3. The van der Waals surface area contributed by atoms with Crippen molar-refractivity contribution < 1.29 is 9.21 Å². The van der Waals surface area contributed by atoms with Crippen LogP contribution in [0.3, 0.4) is 0 Å². The zero-order valence-electron chi connectivity index (χ0n) is 15.9. The second kappa shape index (κ2) is 6.82. The predicted octanol–water partition coefficient (Wildman–Crippen LogP) is 4.35. The number of rotatable bonds is 3. The molecule has 2 aliphatic heterocycles. The van der Waals surface area contributed by atoms with Crippen LogP contribution < -0.4 is 4.90 Å². The molecule has 4 heteroatoms. The number of hydrogen-bond donors (Lipinski definition) is 0. The standard InChI is InChI=1S/C22H28N2O2/c1-15-10-16(2)13-23(12-15)22(25)19-8-9-26-21(19)14-24-17(3)11-18-6-4-5-7-20(18)24/h4-9,15-17H,10-14H2,1-3H3. The van der Waals surface area contributed by atoms with Gasteiger partial charge < -0.3 is 14.2 Å². The molecule has 0 spiro atoms. The van der Waals surface area contributed by atoms with Gasteiger partial charge in [-0.15, -0.1) is 0 Å². The molecule has 3 atom stereocenters. The van der Waals surface area contributed by atoms with E-state index >= 15 is 0 Å². The van der Waals surface area contributed by atoms with Crippen LogP contribution in [0.2, 0.25) is 0 Å². The van der Waals surface area contributed by atoms with Gasteiger partial charge in [-0.1, -0.05) is 32.0 Å². The Balaban J connectivity index is 1.55. The summed E-state index contributed by atoms with van der Waals surface area (Å²) in [4.78, 5) is 17.5. The summed E-state index contributed by atoms with van der Waals surface area (Å²) in [6.45, 7) is 9.03. The van der Waals surface area contributed by atoms with Crippen molar-refractivity contribution in [1.29, 1.82) is 0 Å². The van der Waals surface area contributed by atoms with Crippen molar-refractivity contribution in [3.05, 3.63) is 53.5 Å². The predicted molar refractivity (Wildman–Crippen MR) is 103 cm³/mol. The highest BCUT2D eigenvalue weighted by atomic mass is 16.3. The Morgan fingerprint density at radius 1 is 1.12 bits per heavy atom. The molecule has 4 rings (SSSR count). The topological polar surface area (TPSA) is 36.7 Å². The molecular formula is C22H28N2O2. The van der Waals surface area contributed by atoms with Gasteiger partial charge in [0.25, 0.3) is 5.91 Å². The average Bonchev–Trinajstić information content (AvgIpc) is 3.18. The average molecular weight is 352 g/mol. The first-order valence-electron chi connectivity index (χ1n) is 9.73. The van der Waals surface area contributed by atoms with E-state index in [9.17, 15) is 4.79 Å². The molecule has 2 aliphatic rings. The van der Waals surface area contributed by atoms with Gasteiger partial charge in [-0.25, -0.2) is 0 Å². The highest BCUT2D eigenvalue weighted by Crippen LogP contribution is 2.34. The molecular weight excluding hydrogens is 324 g/mol. The number of nitrogens with zero attached hydrogens (tertiary/aromatic N) is 2. The van der Waals surface area contributed by atoms with E-state index in [-0.39, 0.29) is 5.91 Å². The first-order valence-corrected chi connectivity index (χ1v) is 9.73. The fourth-order valence-electron chi connectivity index (χ4n) is 4.68. The van der Waals surface area contributed by atoms with Gasteiger partial charge in [0.05, 0.1) is 18.4 Å². The summed E-state index contributed by atoms with van der Waals surface area (Å²) < 4.78 is 5.77. The fourth-order valence-corrected chi connectivity index (χ4v) is 4.68. The quantitative estimate of drug-likeness (QED) is 0.824. The van der Waals surface area contributed by atoms with Crippen LogP contribution in [0.4, 0.5) is 5.69 Å². The summed E-state index contributed by atoms with van der Waals surface area (Å²) in [6, 6.07) is 10.8. The summed E-state index contributed by atoms with van der Waals surface area (Å²) in [6.07, 6.45) is 3.90. The molecule has 138 valence electrons. The summed E-state index contributed by atoms with van der Waals surface area (Å²) in [5.41, 5.74) is 3.36. The van der Waals surface area contributed by atoms with Crippen molar-refractivity contribution in [3.63, 3.8) is 0 Å². The van der Waals surface area contributed by atoms with Crippen LogP contribution in [0.5, 0.6) is 0 Å². The lowest BCUT2D eigenvalue weighted by atomic mass is 9.91. The van der Waals surface area contributed by atoms with E-state index in [2.05, 4.69) is 49.9 Å². The summed E-state index contributed by atoms with van der Waals surface area (Å²) in [5.74, 6) is 2.02. The minimum absolute atomic E-state index is 0.118. The molecule has 1 amide bonds. The van der Waals surface area contributed by atoms with Crippen molar-refractivity contribution in [2.24, 2.45) is 11.8 Å². The maximum atomic E-state index is 13.1. The molecule has 0 radical (unpaired) electrons. The zero-order chi connectivity index (χ0) is 18.3. The second-order valence-electron chi connectivity index (χ2n) is 8.22. The van der Waals surface area contributed by atoms with Crippen LogP contribution in [-0.4, -0.2) is 29.9 Å². The Kier molecular flexibility index (Phi) is 4.51. The molecule has 1 fully saturated rings. The highest BCUT2D eigenvalue weighted by molar-refractivity contribution is 5.95. The van der Waals surface area contributed by atoms with Crippen molar-refractivity contribution in [2.75, 3.05) is 18.0 Å². The van der Waals surface area contributed by atoms with E-state index in [0.717, 1.165) is 30.8 Å². The van der Waals surface area contributed by atoms with Gasteiger partial charge >= 0.3 is 0 Å². The van der Waals surface area contributed by atoms with Crippen molar-refractivity contribution >= 4 is 11.6 Å². The number of likely N-dealkylation sites (tertiary alicyclic amines) is 1. The smallest absolute Gasteiger partial charge is 0.257 e. The van der Waals surface area contributed by atoms with Gasteiger partial charge in [-0.05, 0) is 49.3 Å². The van der Waals surface area contributed by atoms with E-state index in [0.29, 0.717) is 24.4 Å². The molecule has 26 heavy (non-hydrogen) atoms. The number of piperidine rings is 1. The third-order valence-corrected chi connectivity index (χ3v) is 5.79. The van der Waals surface area contributed by atoms with Crippen LogP contribution in [0, 0.1) is 11.8 Å². The molecule has 3 heterocycles. The monoisotopic (exact) mass is 352 g/mol. The van der Waals surface area contributed by atoms with Crippen molar-refractivity contribution in [3.8, 4) is 0 Å². The van der Waals surface area contributed by atoms with E-state index in [1.165, 1.54) is 17.7 Å². The Morgan fingerprint density at radius 3 is 2.62 bits per heavy atom. The van der Waals surface area contributed by atoms with Gasteiger partial charge in [0.1, 0.15) is 5.76 Å². The van der Waals surface area contributed by atoms with E-state index in [1.807, 2.05) is 11.0 Å². The number of para-hydroxylation sites is 1. The number of benzene rings is 1. The third-order valence-electron chi connectivity index (χ3n) is 5.79. The van der Waals surface area contributed by atoms with Gasteiger partial charge in [0.2, 0.25) is 0 Å². The lowest BCUT2D eigenvalue weighted by molar-refractivity contribution is 0.0620. The van der Waals surface area contributed by atoms with Gasteiger partial charge in [-0.2, -0.15) is 0 Å². The number of fused-ring (bicyclic) bond motifs is 1. The van der Waals surface area contributed by atoms with E-state index in [4.69, 9.17) is 4.42 Å². The van der Waals surface area contributed by atoms with Crippen molar-refractivity contribution in [1.82, 2.24) is 4.90 Å².